The van der Waals surface area contributed by atoms with E-state index in [1.807, 2.05) is 21.1 Å². The highest BCUT2D eigenvalue weighted by atomic mass is 31.2. The summed E-state index contributed by atoms with van der Waals surface area (Å²) in [5, 5.41) is 0. The maximum atomic E-state index is 12.9. The lowest BCUT2D eigenvalue weighted by Gasteiger charge is -2.28. The zero-order valence-corrected chi connectivity index (χ0v) is 58.9. The van der Waals surface area contributed by atoms with Gasteiger partial charge in [-0.05, 0) is 70.6 Å². The second kappa shape index (κ2) is 67.6. The number of carbonyl (C=O) groups is 2. The molecule has 10 heteroatoms. The Morgan fingerprint density at radius 1 is 0.360 bits per heavy atom. The lowest BCUT2D eigenvalue weighted by atomic mass is 10.0. The maximum absolute atomic E-state index is 12.9. The number of likely N-dealkylation sites (N-methyl/N-ethyl adjacent to an activating group) is 1. The molecule has 0 radical (unpaired) electrons. The molecule has 0 rings (SSSR count). The fourth-order valence-corrected chi connectivity index (χ4v) is 12.1. The normalized spacial score (nSPS) is 13.2. The van der Waals surface area contributed by atoms with Crippen LogP contribution in [0.5, 0.6) is 0 Å². The maximum Gasteiger partial charge on any atom is 0.306 e. The third-order valence-electron chi connectivity index (χ3n) is 17.1. The van der Waals surface area contributed by atoms with E-state index in [4.69, 9.17) is 18.5 Å². The van der Waals surface area contributed by atoms with E-state index in [0.717, 1.165) is 38.5 Å². The molecule has 0 aromatic heterocycles. The van der Waals surface area contributed by atoms with Gasteiger partial charge in [0.25, 0.3) is 7.82 Å². The lowest BCUT2D eigenvalue weighted by Crippen LogP contribution is -2.37. The predicted octanol–water partition coefficient (Wildman–Crippen LogP) is 24.0. The number of allylic oxidation sites excluding steroid dienone is 6. The van der Waals surface area contributed by atoms with E-state index in [9.17, 15) is 19.0 Å². The van der Waals surface area contributed by atoms with Crippen molar-refractivity contribution in [3.63, 3.8) is 0 Å². The Balaban J connectivity index is 3.95. The Hall–Kier alpha value is -1.77. The minimum absolute atomic E-state index is 0.0276. The Morgan fingerprint density at radius 2 is 0.628 bits per heavy atom. The van der Waals surface area contributed by atoms with Gasteiger partial charge in [0, 0.05) is 12.8 Å². The zero-order valence-electron chi connectivity index (χ0n) is 58.0. The highest BCUT2D eigenvalue weighted by Crippen LogP contribution is 2.38. The van der Waals surface area contributed by atoms with Gasteiger partial charge in [-0.2, -0.15) is 0 Å². The van der Waals surface area contributed by atoms with Crippen LogP contribution in [0.4, 0.5) is 0 Å². The van der Waals surface area contributed by atoms with Gasteiger partial charge in [0.2, 0.25) is 0 Å². The summed E-state index contributed by atoms with van der Waals surface area (Å²) in [7, 11) is 1.19. The Morgan fingerprint density at radius 3 is 0.930 bits per heavy atom. The van der Waals surface area contributed by atoms with Gasteiger partial charge in [-0.15, -0.1) is 0 Å². The van der Waals surface area contributed by atoms with Crippen molar-refractivity contribution in [2.24, 2.45) is 0 Å². The Bertz CT molecular complexity index is 1540. The van der Waals surface area contributed by atoms with Crippen LogP contribution in [0.1, 0.15) is 386 Å². The van der Waals surface area contributed by atoms with E-state index in [1.54, 1.807) is 0 Å². The molecular formula is C76H146NO8P. The number of phosphoric ester groups is 1. The molecule has 0 fully saturated rings. The van der Waals surface area contributed by atoms with E-state index in [1.165, 1.54) is 315 Å². The van der Waals surface area contributed by atoms with Crippen LogP contribution in [-0.2, 0) is 32.7 Å². The van der Waals surface area contributed by atoms with E-state index in [-0.39, 0.29) is 32.0 Å². The molecule has 9 nitrogen and oxygen atoms in total. The molecule has 0 amide bonds. The average Bonchev–Trinajstić information content (AvgIpc) is 3.56. The molecule has 0 aromatic carbocycles. The van der Waals surface area contributed by atoms with E-state index in [0.29, 0.717) is 17.4 Å². The van der Waals surface area contributed by atoms with Gasteiger partial charge in [0.15, 0.2) is 6.10 Å². The molecule has 2 unspecified atom stereocenters. The van der Waals surface area contributed by atoms with E-state index < -0.39 is 26.5 Å². The van der Waals surface area contributed by atoms with Crippen molar-refractivity contribution < 1.29 is 42.1 Å². The minimum Gasteiger partial charge on any atom is -0.756 e. The number of phosphoric acid groups is 1. The summed E-state index contributed by atoms with van der Waals surface area (Å²) in [5.41, 5.74) is 0. The van der Waals surface area contributed by atoms with Crippen molar-refractivity contribution in [2.45, 2.75) is 392 Å². The molecular weight excluding hydrogens is 1090 g/mol. The number of ether oxygens (including phenoxy) is 2. The van der Waals surface area contributed by atoms with Gasteiger partial charge >= 0.3 is 11.9 Å². The first-order chi connectivity index (χ1) is 42.0. The van der Waals surface area contributed by atoms with Crippen molar-refractivity contribution in [3.05, 3.63) is 36.5 Å². The van der Waals surface area contributed by atoms with Gasteiger partial charge in [-0.25, -0.2) is 0 Å². The zero-order chi connectivity index (χ0) is 62.6. The monoisotopic (exact) mass is 1230 g/mol. The Labute approximate surface area is 535 Å². The van der Waals surface area contributed by atoms with Crippen molar-refractivity contribution in [1.82, 2.24) is 0 Å². The predicted molar refractivity (Wildman–Crippen MR) is 370 cm³/mol. The molecule has 0 aromatic rings. The standard InChI is InChI=1S/C76H146NO8P/c1-6-8-10-12-14-16-18-20-22-24-26-28-30-32-34-36-38-40-42-44-46-48-50-52-54-56-58-60-62-64-66-68-75(78)82-72-74(73-84-86(80,81)83-71-70-77(3,4)5)85-76(79)69-67-65-63-61-59-57-55-53-51-49-47-45-43-41-39-37-35-33-31-29-27-25-23-21-19-17-15-13-11-9-7-2/h19,21,24-27,74H,6-18,20,22-23,28-73H2,1-5H3/b21-19-,26-24-,27-25-. The van der Waals surface area contributed by atoms with Crippen LogP contribution in [0.25, 0.3) is 0 Å². The molecule has 0 N–H and O–H groups in total. The molecule has 0 spiro atoms. The van der Waals surface area contributed by atoms with Crippen LogP contribution < -0.4 is 4.89 Å². The minimum atomic E-state index is -4.64. The number of quaternary nitrogens is 1. The molecule has 86 heavy (non-hydrogen) atoms. The number of nitrogens with zero attached hydrogens (tertiary/aromatic N) is 1. The van der Waals surface area contributed by atoms with Gasteiger partial charge in [0.05, 0.1) is 27.7 Å². The van der Waals surface area contributed by atoms with Crippen LogP contribution in [0.2, 0.25) is 0 Å². The first kappa shape index (κ1) is 84.2. The summed E-state index contributed by atoms with van der Waals surface area (Å²) in [4.78, 5) is 38.1. The van der Waals surface area contributed by atoms with Crippen LogP contribution in [-0.4, -0.2) is 70.0 Å². The number of rotatable bonds is 71. The second-order valence-corrected chi connectivity index (χ2v) is 28.4. The summed E-state index contributed by atoms with van der Waals surface area (Å²) >= 11 is 0. The molecule has 508 valence electrons. The number of hydrogen-bond donors (Lipinski definition) is 0. The number of carbonyl (C=O) groups excluding carboxylic acids is 2. The van der Waals surface area contributed by atoms with Crippen LogP contribution >= 0.6 is 7.82 Å². The lowest BCUT2D eigenvalue weighted by molar-refractivity contribution is -0.870. The number of hydrogen-bond acceptors (Lipinski definition) is 8. The summed E-state index contributed by atoms with van der Waals surface area (Å²) in [5.74, 6) is -0.809. The number of esters is 2. The van der Waals surface area contributed by atoms with Gasteiger partial charge in [0.1, 0.15) is 19.8 Å². The van der Waals surface area contributed by atoms with E-state index >= 15 is 0 Å². The van der Waals surface area contributed by atoms with Crippen molar-refractivity contribution in [1.29, 1.82) is 0 Å². The van der Waals surface area contributed by atoms with Crippen molar-refractivity contribution >= 4 is 19.8 Å². The molecule has 0 saturated carbocycles. The largest absolute Gasteiger partial charge is 0.756 e. The second-order valence-electron chi connectivity index (χ2n) is 27.0. The van der Waals surface area contributed by atoms with Crippen LogP contribution in [0.15, 0.2) is 36.5 Å². The smallest absolute Gasteiger partial charge is 0.306 e. The molecule has 2 atom stereocenters. The fourth-order valence-electron chi connectivity index (χ4n) is 11.3. The molecule has 0 aliphatic rings. The summed E-state index contributed by atoms with van der Waals surface area (Å²) < 4.78 is 34.4. The van der Waals surface area contributed by atoms with Crippen molar-refractivity contribution in [2.75, 3.05) is 47.5 Å². The van der Waals surface area contributed by atoms with Crippen molar-refractivity contribution in [3.8, 4) is 0 Å². The summed E-state index contributed by atoms with van der Waals surface area (Å²) in [6, 6.07) is 0. The average molecular weight is 1230 g/mol. The summed E-state index contributed by atoms with van der Waals surface area (Å²) in [6.45, 7) is 4.30. The molecule has 0 aliphatic heterocycles. The van der Waals surface area contributed by atoms with Gasteiger partial charge in [-0.3, -0.25) is 14.2 Å². The topological polar surface area (TPSA) is 111 Å². The van der Waals surface area contributed by atoms with Gasteiger partial charge in [-0.1, -0.05) is 339 Å². The first-order valence-electron chi connectivity index (χ1n) is 37.7. The molecule has 0 heterocycles. The first-order valence-corrected chi connectivity index (χ1v) is 39.2. The molecule has 0 bridgehead atoms. The Kier molecular flexibility index (Phi) is 66.2. The summed E-state index contributed by atoms with van der Waals surface area (Å²) in [6.07, 6.45) is 86.8. The van der Waals surface area contributed by atoms with Gasteiger partial charge < -0.3 is 27.9 Å². The van der Waals surface area contributed by atoms with E-state index in [2.05, 4.69) is 50.3 Å². The molecule has 0 aliphatic carbocycles. The van der Waals surface area contributed by atoms with Crippen LogP contribution in [0, 0.1) is 0 Å². The third-order valence-corrected chi connectivity index (χ3v) is 18.1. The number of unbranched alkanes of at least 4 members (excludes halogenated alkanes) is 51. The SMILES string of the molecule is CCCCCCC/C=C\C/C=C\CCCCCCCCCCCCCCCCCCCCCC(=O)OC(COC(=O)CCCCCCCCCCCCCCCCCCCCC/C=C\CCCCCCCCCC)COP(=O)([O-])OCC[N+](C)(C)C. The highest BCUT2D eigenvalue weighted by molar-refractivity contribution is 7.45. The third kappa shape index (κ3) is 71.3. The highest BCUT2D eigenvalue weighted by Gasteiger charge is 2.22. The van der Waals surface area contributed by atoms with Crippen LogP contribution in [0.3, 0.4) is 0 Å². The quantitative estimate of drug-likeness (QED) is 0.0195. The molecule has 0 saturated heterocycles. The fraction of sp³-hybridized carbons (Fsp3) is 0.895.